The van der Waals surface area contributed by atoms with Crippen LogP contribution in [0.15, 0.2) is 15.7 Å². The van der Waals surface area contributed by atoms with Crippen LogP contribution in [0.1, 0.15) is 5.56 Å². The Morgan fingerprint density at radius 2 is 2.15 bits per heavy atom. The molecule has 0 atom stereocenters. The van der Waals surface area contributed by atoms with Crippen molar-refractivity contribution in [1.29, 1.82) is 0 Å². The van der Waals surface area contributed by atoms with Crippen LogP contribution in [-0.2, 0) is 16.6 Å². The van der Waals surface area contributed by atoms with Gasteiger partial charge in [0.2, 0.25) is 10.0 Å². The normalized spacial score (nSPS) is 11.8. The first-order valence-electron chi connectivity index (χ1n) is 3.75. The van der Waals surface area contributed by atoms with Crippen LogP contribution < -0.4 is 10.0 Å². The number of hydrogen-bond donors (Lipinski definition) is 2. The van der Waals surface area contributed by atoms with Gasteiger partial charge in [-0.05, 0) is 31.1 Å². The highest BCUT2D eigenvalue weighted by Crippen LogP contribution is 2.19. The second-order valence-electron chi connectivity index (χ2n) is 2.51. The van der Waals surface area contributed by atoms with Crippen molar-refractivity contribution in [3.63, 3.8) is 0 Å². The Morgan fingerprint density at radius 3 is 2.69 bits per heavy atom. The Hall–Kier alpha value is -0.430. The molecule has 2 N–H and O–H groups in total. The van der Waals surface area contributed by atoms with Crippen molar-refractivity contribution in [3.05, 3.63) is 17.0 Å². The maximum absolute atomic E-state index is 11.3. The second kappa shape index (κ2) is 4.19. The van der Waals surface area contributed by atoms with E-state index in [1.807, 2.05) is 12.4 Å². The van der Waals surface area contributed by atoms with Crippen molar-refractivity contribution >= 4 is 21.4 Å². The molecule has 0 saturated heterocycles. The maximum Gasteiger partial charge on any atom is 0.249 e. The summed E-state index contributed by atoms with van der Waals surface area (Å²) in [5.41, 5.74) is 0.987. The molecule has 0 saturated carbocycles. The monoisotopic (exact) mass is 220 g/mol. The number of thiophene rings is 1. The predicted molar refractivity (Wildman–Crippen MR) is 53.3 cm³/mol. The summed E-state index contributed by atoms with van der Waals surface area (Å²) in [6.07, 6.45) is 0. The van der Waals surface area contributed by atoms with E-state index in [4.69, 9.17) is 0 Å². The Bertz CT molecular complexity index is 370. The van der Waals surface area contributed by atoms with Crippen LogP contribution in [0.2, 0.25) is 0 Å². The summed E-state index contributed by atoms with van der Waals surface area (Å²) in [5.74, 6) is 0. The molecule has 0 fully saturated rings. The van der Waals surface area contributed by atoms with E-state index in [9.17, 15) is 8.42 Å². The van der Waals surface area contributed by atoms with Gasteiger partial charge < -0.3 is 5.32 Å². The van der Waals surface area contributed by atoms with Gasteiger partial charge in [0.1, 0.15) is 4.21 Å². The highest BCUT2D eigenvalue weighted by atomic mass is 32.2. The summed E-state index contributed by atoms with van der Waals surface area (Å²) in [4.78, 5) is 0. The van der Waals surface area contributed by atoms with Gasteiger partial charge in [-0.2, -0.15) is 0 Å². The van der Waals surface area contributed by atoms with Crippen molar-refractivity contribution in [2.75, 3.05) is 14.1 Å². The second-order valence-corrected chi connectivity index (χ2v) is 5.54. The van der Waals surface area contributed by atoms with Gasteiger partial charge in [-0.25, -0.2) is 13.1 Å². The minimum absolute atomic E-state index is 0.361. The Balaban J connectivity index is 2.92. The number of hydrogen-bond acceptors (Lipinski definition) is 4. The fourth-order valence-corrected chi connectivity index (χ4v) is 2.94. The quantitative estimate of drug-likeness (QED) is 0.771. The highest BCUT2D eigenvalue weighted by Gasteiger charge is 2.13. The minimum Gasteiger partial charge on any atom is -0.316 e. The predicted octanol–water partition coefficient (Wildman–Crippen LogP) is 0.376. The van der Waals surface area contributed by atoms with E-state index in [0.29, 0.717) is 10.8 Å². The Labute approximate surface area is 82.0 Å². The lowest BCUT2D eigenvalue weighted by molar-refractivity contribution is 0.590. The molecule has 0 spiro atoms. The molecule has 74 valence electrons. The third-order valence-corrected chi connectivity index (χ3v) is 4.45. The molecule has 4 nitrogen and oxygen atoms in total. The van der Waals surface area contributed by atoms with Gasteiger partial charge in [0.15, 0.2) is 0 Å². The molecular weight excluding hydrogens is 208 g/mol. The van der Waals surface area contributed by atoms with E-state index in [2.05, 4.69) is 10.0 Å². The van der Waals surface area contributed by atoms with E-state index in [1.165, 1.54) is 18.4 Å². The average Bonchev–Trinajstić information content (AvgIpc) is 2.54. The molecule has 0 radical (unpaired) electrons. The number of sulfonamides is 1. The molecule has 0 aliphatic heterocycles. The topological polar surface area (TPSA) is 58.2 Å². The summed E-state index contributed by atoms with van der Waals surface area (Å²) in [7, 11) is -0.0221. The van der Waals surface area contributed by atoms with Gasteiger partial charge in [0.25, 0.3) is 0 Å². The number of nitrogens with one attached hydrogen (secondary N) is 2. The first-order valence-corrected chi connectivity index (χ1v) is 6.12. The molecule has 0 aliphatic rings. The average molecular weight is 220 g/mol. The zero-order valence-electron chi connectivity index (χ0n) is 7.49. The van der Waals surface area contributed by atoms with E-state index in [-0.39, 0.29) is 0 Å². The van der Waals surface area contributed by atoms with Gasteiger partial charge in [0, 0.05) is 6.54 Å². The summed E-state index contributed by atoms with van der Waals surface area (Å²) >= 11 is 1.23. The summed E-state index contributed by atoms with van der Waals surface area (Å²) in [5, 5.41) is 4.79. The lowest BCUT2D eigenvalue weighted by Crippen LogP contribution is -2.17. The Morgan fingerprint density at radius 1 is 1.46 bits per heavy atom. The van der Waals surface area contributed by atoms with Gasteiger partial charge in [-0.15, -0.1) is 11.3 Å². The highest BCUT2D eigenvalue weighted by molar-refractivity contribution is 7.91. The van der Waals surface area contributed by atoms with Crippen molar-refractivity contribution in [3.8, 4) is 0 Å². The molecule has 1 aromatic heterocycles. The van der Waals surface area contributed by atoms with Crippen LogP contribution in [0.4, 0.5) is 0 Å². The molecule has 0 unspecified atom stereocenters. The van der Waals surface area contributed by atoms with Crippen LogP contribution in [0.25, 0.3) is 0 Å². The van der Waals surface area contributed by atoms with Gasteiger partial charge >= 0.3 is 0 Å². The van der Waals surface area contributed by atoms with Crippen molar-refractivity contribution in [2.45, 2.75) is 10.8 Å². The van der Waals surface area contributed by atoms with E-state index in [0.717, 1.165) is 5.56 Å². The molecule has 6 heteroatoms. The lowest BCUT2D eigenvalue weighted by atomic mass is 10.3. The summed E-state index contributed by atoms with van der Waals surface area (Å²) in [6.45, 7) is 0.690. The zero-order valence-corrected chi connectivity index (χ0v) is 9.13. The molecular formula is C7H12N2O2S2. The molecule has 0 aliphatic carbocycles. The van der Waals surface area contributed by atoms with E-state index in [1.54, 1.807) is 6.07 Å². The molecule has 0 aromatic carbocycles. The fraction of sp³-hybridized carbons (Fsp3) is 0.429. The van der Waals surface area contributed by atoms with Crippen molar-refractivity contribution in [2.24, 2.45) is 0 Å². The summed E-state index contributed by atoms with van der Waals surface area (Å²) < 4.78 is 25.2. The van der Waals surface area contributed by atoms with Crippen LogP contribution in [0, 0.1) is 0 Å². The standard InChI is InChI=1S/C7H12N2O2S2/c1-8-4-6-3-7(12-5-6)13(10,11)9-2/h3,5,8-9H,4H2,1-2H3. The number of rotatable bonds is 4. The van der Waals surface area contributed by atoms with Crippen LogP contribution >= 0.6 is 11.3 Å². The van der Waals surface area contributed by atoms with Crippen LogP contribution in [0.3, 0.4) is 0 Å². The van der Waals surface area contributed by atoms with E-state index < -0.39 is 10.0 Å². The zero-order chi connectivity index (χ0) is 9.90. The van der Waals surface area contributed by atoms with Gasteiger partial charge in [-0.1, -0.05) is 0 Å². The van der Waals surface area contributed by atoms with Gasteiger partial charge in [0.05, 0.1) is 0 Å². The van der Waals surface area contributed by atoms with Crippen LogP contribution in [0.5, 0.6) is 0 Å². The maximum atomic E-state index is 11.3. The molecule has 1 aromatic rings. The Kier molecular flexibility index (Phi) is 3.43. The molecule has 13 heavy (non-hydrogen) atoms. The minimum atomic E-state index is -3.25. The largest absolute Gasteiger partial charge is 0.316 e. The molecule has 1 heterocycles. The van der Waals surface area contributed by atoms with Crippen LogP contribution in [-0.4, -0.2) is 22.5 Å². The lowest BCUT2D eigenvalue weighted by Gasteiger charge is -1.96. The molecule has 0 amide bonds. The van der Waals surface area contributed by atoms with E-state index >= 15 is 0 Å². The first kappa shape index (κ1) is 10.6. The fourth-order valence-electron chi connectivity index (χ4n) is 0.892. The third kappa shape index (κ3) is 2.50. The van der Waals surface area contributed by atoms with Gasteiger partial charge in [-0.3, -0.25) is 0 Å². The smallest absolute Gasteiger partial charge is 0.249 e. The summed E-state index contributed by atoms with van der Waals surface area (Å²) in [6, 6.07) is 1.67. The van der Waals surface area contributed by atoms with Crippen molar-refractivity contribution in [1.82, 2.24) is 10.0 Å². The molecule has 0 bridgehead atoms. The molecule has 1 rings (SSSR count). The SMILES string of the molecule is CNCc1csc(S(=O)(=O)NC)c1. The van der Waals surface area contributed by atoms with Crippen molar-refractivity contribution < 1.29 is 8.42 Å². The first-order chi connectivity index (χ1) is 6.10. The third-order valence-electron chi connectivity index (χ3n) is 1.54.